The first kappa shape index (κ1) is 26.1. The molecule has 2 N–H and O–H groups in total. The van der Waals surface area contributed by atoms with Crippen molar-refractivity contribution >= 4 is 34.9 Å². The van der Waals surface area contributed by atoms with Gasteiger partial charge in [0.1, 0.15) is 22.9 Å². The van der Waals surface area contributed by atoms with Gasteiger partial charge in [-0.15, -0.1) is 0 Å². The molecule has 0 saturated carbocycles. The Morgan fingerprint density at radius 2 is 1.75 bits per heavy atom. The number of nitrogens with zero attached hydrogens (tertiary/aromatic N) is 5. The first-order valence-corrected chi connectivity index (χ1v) is 12.7. The van der Waals surface area contributed by atoms with Crippen LogP contribution in [0, 0.1) is 23.7 Å². The monoisotopic (exact) mass is 531 g/mol. The Morgan fingerprint density at radius 3 is 2.48 bits per heavy atom. The van der Waals surface area contributed by atoms with E-state index in [1.165, 1.54) is 0 Å². The molecule has 1 aliphatic rings. The Labute approximate surface area is 230 Å². The van der Waals surface area contributed by atoms with Crippen LogP contribution in [0.5, 0.6) is 0 Å². The summed E-state index contributed by atoms with van der Waals surface area (Å²) in [6, 6.07) is 11.9. The summed E-state index contributed by atoms with van der Waals surface area (Å²) < 4.78 is 1.84. The van der Waals surface area contributed by atoms with Gasteiger partial charge in [-0.3, -0.25) is 24.1 Å². The molecular formula is C30H25N7O3. The molecule has 198 valence electrons. The van der Waals surface area contributed by atoms with Crippen LogP contribution in [0.2, 0.25) is 0 Å². The number of likely N-dealkylation sites (tertiary alicyclic amines) is 1. The standard InChI is InChI=1S/C30H25N7O3/c1-3-8-24(38)34-28-27-26(20-12-14-21(15-13-20)30(40)33-23-11-5-6-16-31-23)35-29(37(27)19-17-32-28)22-10-7-18-36(22)25(39)9-4-2/h5-6,11-17,19,22H,7,10,18H2,1-2H3,(H,31,33,40)(H,32,34,38)/t22-/m1/s1. The largest absolute Gasteiger partial charge is 0.322 e. The summed E-state index contributed by atoms with van der Waals surface area (Å²) in [4.78, 5) is 53.1. The molecule has 5 rings (SSSR count). The zero-order chi connectivity index (χ0) is 28.1. The molecule has 1 saturated heterocycles. The Kier molecular flexibility index (Phi) is 7.52. The van der Waals surface area contributed by atoms with Gasteiger partial charge < -0.3 is 10.2 Å². The van der Waals surface area contributed by atoms with Gasteiger partial charge in [-0.25, -0.2) is 15.0 Å². The van der Waals surface area contributed by atoms with Crippen molar-refractivity contribution in [3.8, 4) is 34.9 Å². The van der Waals surface area contributed by atoms with Crippen molar-refractivity contribution in [3.05, 3.63) is 72.4 Å². The fourth-order valence-corrected chi connectivity index (χ4v) is 4.70. The molecule has 4 aromatic rings. The lowest BCUT2D eigenvalue weighted by molar-refractivity contribution is -0.126. The second-order valence-corrected chi connectivity index (χ2v) is 8.92. The lowest BCUT2D eigenvalue weighted by Gasteiger charge is -2.21. The van der Waals surface area contributed by atoms with Crippen LogP contribution in [0.4, 0.5) is 11.6 Å². The summed E-state index contributed by atoms with van der Waals surface area (Å²) in [5.74, 6) is 10.7. The van der Waals surface area contributed by atoms with E-state index in [0.717, 1.165) is 6.42 Å². The van der Waals surface area contributed by atoms with Gasteiger partial charge in [-0.2, -0.15) is 0 Å². The third-order valence-corrected chi connectivity index (χ3v) is 6.42. The van der Waals surface area contributed by atoms with E-state index in [2.05, 4.69) is 44.3 Å². The Morgan fingerprint density at radius 1 is 0.950 bits per heavy atom. The van der Waals surface area contributed by atoms with Crippen molar-refractivity contribution in [1.82, 2.24) is 24.3 Å². The number of carbonyl (C=O) groups excluding carboxylic acids is 3. The van der Waals surface area contributed by atoms with Crippen LogP contribution in [0.25, 0.3) is 16.8 Å². The summed E-state index contributed by atoms with van der Waals surface area (Å²) in [6.07, 6.45) is 6.45. The topological polar surface area (TPSA) is 122 Å². The average Bonchev–Trinajstić information content (AvgIpc) is 3.60. The van der Waals surface area contributed by atoms with Gasteiger partial charge in [0.15, 0.2) is 5.82 Å². The zero-order valence-electron chi connectivity index (χ0n) is 21.9. The van der Waals surface area contributed by atoms with E-state index in [4.69, 9.17) is 4.98 Å². The predicted octanol–water partition coefficient (Wildman–Crippen LogP) is 3.69. The van der Waals surface area contributed by atoms with Gasteiger partial charge in [-0.05, 0) is 62.8 Å². The number of carbonyl (C=O) groups is 3. The normalized spacial score (nSPS) is 14.1. The smallest absolute Gasteiger partial charge is 0.301 e. The van der Waals surface area contributed by atoms with Gasteiger partial charge >= 0.3 is 5.91 Å². The van der Waals surface area contributed by atoms with Gasteiger partial charge in [0.25, 0.3) is 11.8 Å². The number of benzene rings is 1. The molecule has 0 radical (unpaired) electrons. The third kappa shape index (κ3) is 5.24. The summed E-state index contributed by atoms with van der Waals surface area (Å²) in [7, 11) is 0. The molecule has 10 heteroatoms. The van der Waals surface area contributed by atoms with E-state index in [1.54, 1.807) is 79.8 Å². The second kappa shape index (κ2) is 11.5. The highest BCUT2D eigenvalue weighted by atomic mass is 16.2. The van der Waals surface area contributed by atoms with Crippen LogP contribution in [0.1, 0.15) is 48.9 Å². The first-order chi connectivity index (χ1) is 19.5. The zero-order valence-corrected chi connectivity index (χ0v) is 21.9. The summed E-state index contributed by atoms with van der Waals surface area (Å²) >= 11 is 0. The quantitative estimate of drug-likeness (QED) is 0.379. The molecule has 1 fully saturated rings. The Bertz CT molecular complexity index is 1720. The number of rotatable bonds is 5. The number of hydrogen-bond acceptors (Lipinski definition) is 6. The van der Waals surface area contributed by atoms with Crippen LogP contribution in [0.15, 0.2) is 61.1 Å². The summed E-state index contributed by atoms with van der Waals surface area (Å²) in [5, 5.41) is 5.52. The Hall–Kier alpha value is -5.48. The predicted molar refractivity (Wildman–Crippen MR) is 150 cm³/mol. The van der Waals surface area contributed by atoms with Crippen LogP contribution in [-0.4, -0.2) is 48.5 Å². The highest BCUT2D eigenvalue weighted by Crippen LogP contribution is 2.37. The maximum atomic E-state index is 12.8. The van der Waals surface area contributed by atoms with Gasteiger partial charge in [0.05, 0.1) is 6.04 Å². The number of amides is 3. The molecule has 1 atom stereocenters. The fraction of sp³-hybridized carbons (Fsp3) is 0.200. The SMILES string of the molecule is CC#CC(=O)Nc1nccn2c([C@H]3CCCN3C(=O)C#CC)nc(-c3ccc(C(=O)Nc4ccccn4)cc3)c12. The molecule has 40 heavy (non-hydrogen) atoms. The number of pyridine rings is 1. The van der Waals surface area contributed by atoms with E-state index >= 15 is 0 Å². The number of aromatic nitrogens is 4. The molecule has 4 heterocycles. The fourth-order valence-electron chi connectivity index (χ4n) is 4.70. The minimum Gasteiger partial charge on any atom is -0.322 e. The minimum atomic E-state index is -0.505. The van der Waals surface area contributed by atoms with Gasteiger partial charge in [-0.1, -0.05) is 30.0 Å². The van der Waals surface area contributed by atoms with E-state index in [-0.39, 0.29) is 23.7 Å². The maximum absolute atomic E-state index is 12.8. The lowest BCUT2D eigenvalue weighted by Crippen LogP contribution is -2.30. The lowest BCUT2D eigenvalue weighted by atomic mass is 10.1. The van der Waals surface area contributed by atoms with E-state index in [1.807, 2.05) is 4.40 Å². The molecule has 3 aromatic heterocycles. The molecule has 0 bridgehead atoms. The average molecular weight is 532 g/mol. The highest BCUT2D eigenvalue weighted by Gasteiger charge is 2.34. The van der Waals surface area contributed by atoms with Crippen LogP contribution in [-0.2, 0) is 9.59 Å². The molecule has 0 unspecified atom stereocenters. The number of nitrogens with one attached hydrogen (secondary N) is 2. The Balaban J connectivity index is 1.58. The summed E-state index contributed by atoms with van der Waals surface area (Å²) in [6.45, 7) is 3.78. The van der Waals surface area contributed by atoms with Crippen molar-refractivity contribution < 1.29 is 14.4 Å². The molecule has 1 aliphatic heterocycles. The number of anilines is 2. The van der Waals surface area contributed by atoms with Crippen molar-refractivity contribution in [2.75, 3.05) is 17.2 Å². The minimum absolute atomic E-state index is 0.257. The van der Waals surface area contributed by atoms with E-state index in [0.29, 0.717) is 46.9 Å². The molecule has 1 aromatic carbocycles. The molecular weight excluding hydrogens is 506 g/mol. The van der Waals surface area contributed by atoms with Crippen LogP contribution < -0.4 is 10.6 Å². The second-order valence-electron chi connectivity index (χ2n) is 8.92. The highest BCUT2D eigenvalue weighted by molar-refractivity contribution is 6.07. The van der Waals surface area contributed by atoms with Crippen molar-refractivity contribution in [1.29, 1.82) is 0 Å². The number of imidazole rings is 1. The first-order valence-electron chi connectivity index (χ1n) is 12.7. The van der Waals surface area contributed by atoms with Crippen LogP contribution in [0.3, 0.4) is 0 Å². The van der Waals surface area contributed by atoms with Crippen molar-refractivity contribution in [2.24, 2.45) is 0 Å². The number of hydrogen-bond donors (Lipinski definition) is 2. The molecule has 3 amide bonds. The van der Waals surface area contributed by atoms with Crippen LogP contribution >= 0.6 is 0 Å². The molecule has 10 nitrogen and oxygen atoms in total. The van der Waals surface area contributed by atoms with E-state index in [9.17, 15) is 14.4 Å². The maximum Gasteiger partial charge on any atom is 0.301 e. The third-order valence-electron chi connectivity index (χ3n) is 6.42. The summed E-state index contributed by atoms with van der Waals surface area (Å²) in [5.41, 5.74) is 2.23. The van der Waals surface area contributed by atoms with Gasteiger partial charge in [0, 0.05) is 36.3 Å². The van der Waals surface area contributed by atoms with Crippen molar-refractivity contribution in [2.45, 2.75) is 32.7 Å². The molecule has 0 aliphatic carbocycles. The molecule has 0 spiro atoms. The van der Waals surface area contributed by atoms with Crippen molar-refractivity contribution in [3.63, 3.8) is 0 Å². The van der Waals surface area contributed by atoms with Gasteiger partial charge in [0.2, 0.25) is 0 Å². The van der Waals surface area contributed by atoms with E-state index < -0.39 is 5.91 Å². The number of fused-ring (bicyclic) bond motifs is 1.